The average Bonchev–Trinajstić information content (AvgIpc) is 2.23. The van der Waals surface area contributed by atoms with Gasteiger partial charge in [-0.15, -0.1) is 0 Å². The van der Waals surface area contributed by atoms with E-state index in [4.69, 9.17) is 10.5 Å². The number of amides is 1. The van der Waals surface area contributed by atoms with Crippen LogP contribution in [0.2, 0.25) is 0 Å². The Morgan fingerprint density at radius 1 is 1.00 bits per heavy atom. The van der Waals surface area contributed by atoms with Crippen molar-refractivity contribution in [3.05, 3.63) is 29.3 Å². The molecule has 19 heavy (non-hydrogen) atoms. The van der Waals surface area contributed by atoms with Gasteiger partial charge in [0.2, 0.25) is 0 Å². The minimum absolute atomic E-state index is 0.0338. The molecule has 0 aromatic heterocycles. The molecule has 0 aliphatic carbocycles. The first-order chi connectivity index (χ1) is 8.50. The number of nitrogens with two attached hydrogens (primary N) is 1. The van der Waals surface area contributed by atoms with E-state index >= 15 is 0 Å². The molecule has 3 nitrogen and oxygen atoms in total. The number of ether oxygens (including phenoxy) is 1. The summed E-state index contributed by atoms with van der Waals surface area (Å²) in [5.41, 5.74) is 7.58. The van der Waals surface area contributed by atoms with E-state index in [1.807, 2.05) is 12.1 Å². The second-order valence-electron chi connectivity index (χ2n) is 7.00. The Bertz CT molecular complexity index is 432. The van der Waals surface area contributed by atoms with Gasteiger partial charge < -0.3 is 10.5 Å². The number of primary amides is 1. The number of rotatable bonds is 3. The molecule has 3 heteroatoms. The van der Waals surface area contributed by atoms with E-state index in [1.165, 1.54) is 11.1 Å². The molecular weight excluding hydrogens is 238 g/mol. The van der Waals surface area contributed by atoms with Crippen molar-refractivity contribution in [1.29, 1.82) is 0 Å². The summed E-state index contributed by atoms with van der Waals surface area (Å²) < 4.78 is 5.46. The summed E-state index contributed by atoms with van der Waals surface area (Å²) in [6.07, 6.45) is 0. The van der Waals surface area contributed by atoms with Crippen LogP contribution < -0.4 is 10.5 Å². The predicted octanol–water partition coefficient (Wildman–Crippen LogP) is 3.15. The summed E-state index contributed by atoms with van der Waals surface area (Å²) in [5.74, 6) is 0.245. The first-order valence-corrected chi connectivity index (χ1v) is 6.57. The van der Waals surface area contributed by atoms with Crippen molar-refractivity contribution >= 4 is 5.91 Å². The number of carbonyl (C=O) groups excluding carboxylic acids is 1. The lowest BCUT2D eigenvalue weighted by atomic mass is 9.80. The van der Waals surface area contributed by atoms with Gasteiger partial charge in [0, 0.05) is 0 Å². The molecule has 106 valence electrons. The van der Waals surface area contributed by atoms with E-state index in [2.05, 4.69) is 47.6 Å². The molecular formula is C16H25NO2. The van der Waals surface area contributed by atoms with Gasteiger partial charge >= 0.3 is 0 Å². The van der Waals surface area contributed by atoms with Gasteiger partial charge in [-0.3, -0.25) is 4.79 Å². The molecule has 0 radical (unpaired) electrons. The number of carbonyl (C=O) groups is 1. The third-order valence-corrected chi connectivity index (χ3v) is 3.02. The molecule has 1 rings (SSSR count). The van der Waals surface area contributed by atoms with Crippen LogP contribution in [0.4, 0.5) is 0 Å². The zero-order valence-corrected chi connectivity index (χ0v) is 12.8. The summed E-state index contributed by atoms with van der Waals surface area (Å²) in [4.78, 5) is 10.8. The fraction of sp³-hybridized carbons (Fsp3) is 0.562. The molecule has 1 aromatic carbocycles. The monoisotopic (exact) mass is 263 g/mol. The van der Waals surface area contributed by atoms with Gasteiger partial charge in [-0.2, -0.15) is 0 Å². The van der Waals surface area contributed by atoms with E-state index in [-0.39, 0.29) is 17.4 Å². The summed E-state index contributed by atoms with van der Waals surface area (Å²) in [5, 5.41) is 0. The Hall–Kier alpha value is -1.51. The number of hydrogen-bond donors (Lipinski definition) is 1. The van der Waals surface area contributed by atoms with Crippen molar-refractivity contribution in [3.63, 3.8) is 0 Å². The van der Waals surface area contributed by atoms with E-state index in [1.54, 1.807) is 0 Å². The van der Waals surface area contributed by atoms with Crippen molar-refractivity contribution in [1.82, 2.24) is 0 Å². The fourth-order valence-electron chi connectivity index (χ4n) is 1.70. The Morgan fingerprint density at radius 3 is 1.74 bits per heavy atom. The normalized spacial score (nSPS) is 12.3. The highest BCUT2D eigenvalue weighted by atomic mass is 16.5. The SMILES string of the molecule is CC(C)(C)c1cc(OCC(N)=O)cc(C(C)(C)C)c1. The van der Waals surface area contributed by atoms with Crippen LogP contribution in [0.1, 0.15) is 52.7 Å². The molecule has 0 saturated heterocycles. The average molecular weight is 263 g/mol. The second kappa shape index (κ2) is 5.24. The highest BCUT2D eigenvalue weighted by Gasteiger charge is 2.21. The van der Waals surface area contributed by atoms with Gasteiger partial charge in [0.25, 0.3) is 5.91 Å². The van der Waals surface area contributed by atoms with Crippen molar-refractivity contribution < 1.29 is 9.53 Å². The molecule has 0 heterocycles. The largest absolute Gasteiger partial charge is 0.484 e. The molecule has 0 saturated carbocycles. The van der Waals surface area contributed by atoms with Crippen LogP contribution >= 0.6 is 0 Å². The van der Waals surface area contributed by atoms with Gasteiger partial charge in [0.15, 0.2) is 6.61 Å². The van der Waals surface area contributed by atoms with Crippen LogP contribution in [0.5, 0.6) is 5.75 Å². The summed E-state index contributed by atoms with van der Waals surface area (Å²) >= 11 is 0. The van der Waals surface area contributed by atoms with Gasteiger partial charge in [-0.05, 0) is 34.1 Å². The lowest BCUT2D eigenvalue weighted by molar-refractivity contribution is -0.119. The first kappa shape index (κ1) is 15.5. The number of hydrogen-bond acceptors (Lipinski definition) is 2. The maximum absolute atomic E-state index is 10.8. The van der Waals surface area contributed by atoms with Gasteiger partial charge in [-0.25, -0.2) is 0 Å². The Kier molecular flexibility index (Phi) is 4.28. The van der Waals surface area contributed by atoms with Gasteiger partial charge in [0.05, 0.1) is 0 Å². The molecule has 0 fully saturated rings. The molecule has 1 aromatic rings. The minimum atomic E-state index is -0.460. The van der Waals surface area contributed by atoms with E-state index in [0.717, 1.165) is 0 Å². The Labute approximate surface area is 116 Å². The quantitative estimate of drug-likeness (QED) is 0.910. The highest BCUT2D eigenvalue weighted by Crippen LogP contribution is 2.32. The summed E-state index contributed by atoms with van der Waals surface area (Å²) in [6.45, 7) is 12.9. The number of benzene rings is 1. The van der Waals surface area contributed by atoms with Crippen LogP contribution in [0.25, 0.3) is 0 Å². The molecule has 0 aliphatic rings. The Balaban J connectivity index is 3.21. The van der Waals surface area contributed by atoms with Gasteiger partial charge in [-0.1, -0.05) is 47.6 Å². The van der Waals surface area contributed by atoms with E-state index < -0.39 is 5.91 Å². The van der Waals surface area contributed by atoms with Crippen LogP contribution in [-0.4, -0.2) is 12.5 Å². The third-order valence-electron chi connectivity index (χ3n) is 3.02. The van der Waals surface area contributed by atoms with Crippen LogP contribution in [-0.2, 0) is 15.6 Å². The van der Waals surface area contributed by atoms with Crippen molar-refractivity contribution in [2.24, 2.45) is 5.73 Å². The van der Waals surface area contributed by atoms with Gasteiger partial charge in [0.1, 0.15) is 5.75 Å². The fourth-order valence-corrected chi connectivity index (χ4v) is 1.70. The molecule has 0 bridgehead atoms. The van der Waals surface area contributed by atoms with Crippen LogP contribution in [0.15, 0.2) is 18.2 Å². The molecule has 0 atom stereocenters. The molecule has 0 aliphatic heterocycles. The maximum atomic E-state index is 10.8. The van der Waals surface area contributed by atoms with Crippen molar-refractivity contribution in [3.8, 4) is 5.75 Å². The third kappa shape index (κ3) is 4.58. The summed E-state index contributed by atoms with van der Waals surface area (Å²) in [6, 6.07) is 6.17. The first-order valence-electron chi connectivity index (χ1n) is 6.57. The lowest BCUT2D eigenvalue weighted by Gasteiger charge is -2.26. The van der Waals surface area contributed by atoms with E-state index in [9.17, 15) is 4.79 Å². The predicted molar refractivity (Wildman–Crippen MR) is 78.5 cm³/mol. The standard InChI is InChI=1S/C16H25NO2/c1-15(2,3)11-7-12(16(4,5)6)9-13(8-11)19-10-14(17)18/h7-9H,10H2,1-6H3,(H2,17,18). The van der Waals surface area contributed by atoms with Crippen molar-refractivity contribution in [2.45, 2.75) is 52.4 Å². The zero-order chi connectivity index (χ0) is 14.8. The molecule has 2 N–H and O–H groups in total. The van der Waals surface area contributed by atoms with Crippen molar-refractivity contribution in [2.75, 3.05) is 6.61 Å². The topological polar surface area (TPSA) is 52.3 Å². The summed E-state index contributed by atoms with van der Waals surface area (Å²) in [7, 11) is 0. The lowest BCUT2D eigenvalue weighted by Crippen LogP contribution is -2.21. The van der Waals surface area contributed by atoms with Crippen LogP contribution in [0, 0.1) is 0 Å². The zero-order valence-electron chi connectivity index (χ0n) is 12.8. The van der Waals surface area contributed by atoms with Crippen LogP contribution in [0.3, 0.4) is 0 Å². The molecule has 0 unspecified atom stereocenters. The Morgan fingerprint density at radius 2 is 1.42 bits per heavy atom. The second-order valence-corrected chi connectivity index (χ2v) is 7.00. The minimum Gasteiger partial charge on any atom is -0.484 e. The molecule has 0 spiro atoms. The van der Waals surface area contributed by atoms with E-state index in [0.29, 0.717) is 5.75 Å². The maximum Gasteiger partial charge on any atom is 0.255 e. The smallest absolute Gasteiger partial charge is 0.255 e. The molecule has 1 amide bonds. The highest BCUT2D eigenvalue weighted by molar-refractivity contribution is 5.75.